The lowest BCUT2D eigenvalue weighted by Gasteiger charge is -2.38. The fourth-order valence-corrected chi connectivity index (χ4v) is 2.87. The average Bonchev–Trinajstić information content (AvgIpc) is 2.46. The molecule has 1 aromatic carbocycles. The summed E-state index contributed by atoms with van der Waals surface area (Å²) in [5, 5.41) is 3.00. The molecular weight excluding hydrogens is 283 g/mol. The van der Waals surface area contributed by atoms with Gasteiger partial charge in [0.15, 0.2) is 0 Å². The second-order valence-corrected chi connectivity index (χ2v) is 6.17. The van der Waals surface area contributed by atoms with E-state index in [4.69, 9.17) is 4.74 Å². The monoisotopic (exact) mass is 308 g/mol. The van der Waals surface area contributed by atoms with Gasteiger partial charge in [-0.3, -0.25) is 9.69 Å². The molecule has 1 fully saturated rings. The van der Waals surface area contributed by atoms with E-state index in [1.807, 2.05) is 27.7 Å². The highest BCUT2D eigenvalue weighted by atomic mass is 19.1. The van der Waals surface area contributed by atoms with Crippen LogP contribution in [0, 0.1) is 5.82 Å². The molecular formula is C17H25FN2O2. The van der Waals surface area contributed by atoms with Crippen molar-refractivity contribution in [2.45, 2.75) is 52.0 Å². The van der Waals surface area contributed by atoms with Crippen LogP contribution in [0.1, 0.15) is 39.3 Å². The van der Waals surface area contributed by atoms with Gasteiger partial charge in [-0.1, -0.05) is 12.1 Å². The normalized spacial score (nSPS) is 25.5. The molecule has 22 heavy (non-hydrogen) atoms. The third kappa shape index (κ3) is 4.27. The van der Waals surface area contributed by atoms with E-state index in [2.05, 4.69) is 10.2 Å². The van der Waals surface area contributed by atoms with Crippen molar-refractivity contribution in [2.24, 2.45) is 0 Å². The lowest BCUT2D eigenvalue weighted by molar-refractivity contribution is -0.132. The number of nitrogens with one attached hydrogen (secondary N) is 1. The van der Waals surface area contributed by atoms with Crippen LogP contribution in [0.3, 0.4) is 0 Å². The molecule has 1 heterocycles. The Morgan fingerprint density at radius 2 is 1.77 bits per heavy atom. The average molecular weight is 308 g/mol. The SMILES string of the molecule is CC1CN(C(C)C(=O)NC(C)c2ccc(F)cc2)CC(C)O1. The number of amides is 1. The number of carbonyl (C=O) groups is 1. The zero-order valence-electron chi connectivity index (χ0n) is 13.7. The number of hydrogen-bond donors (Lipinski definition) is 1. The summed E-state index contributed by atoms with van der Waals surface area (Å²) in [5.74, 6) is -0.287. The van der Waals surface area contributed by atoms with E-state index in [9.17, 15) is 9.18 Å². The van der Waals surface area contributed by atoms with Gasteiger partial charge < -0.3 is 10.1 Å². The number of rotatable bonds is 4. The van der Waals surface area contributed by atoms with Crippen LogP contribution in [0.5, 0.6) is 0 Å². The van der Waals surface area contributed by atoms with Gasteiger partial charge in [0.2, 0.25) is 5.91 Å². The Morgan fingerprint density at radius 3 is 2.32 bits per heavy atom. The van der Waals surface area contributed by atoms with Crippen LogP contribution in [0.4, 0.5) is 4.39 Å². The van der Waals surface area contributed by atoms with Gasteiger partial charge >= 0.3 is 0 Å². The van der Waals surface area contributed by atoms with Gasteiger partial charge in [-0.2, -0.15) is 0 Å². The van der Waals surface area contributed by atoms with Crippen molar-refractivity contribution < 1.29 is 13.9 Å². The summed E-state index contributed by atoms with van der Waals surface area (Å²) in [5.41, 5.74) is 0.894. The van der Waals surface area contributed by atoms with E-state index < -0.39 is 0 Å². The van der Waals surface area contributed by atoms with Crippen LogP contribution in [0.2, 0.25) is 0 Å². The van der Waals surface area contributed by atoms with Crippen LogP contribution in [0.15, 0.2) is 24.3 Å². The highest BCUT2D eigenvalue weighted by Crippen LogP contribution is 2.16. The standard InChI is InChI=1S/C17H25FN2O2/c1-11-9-20(10-12(2)22-11)14(4)17(21)19-13(3)15-5-7-16(18)8-6-15/h5-8,11-14H,9-10H2,1-4H3,(H,19,21). The minimum atomic E-state index is -0.271. The van der Waals surface area contributed by atoms with Crippen molar-refractivity contribution in [3.05, 3.63) is 35.6 Å². The van der Waals surface area contributed by atoms with Crippen molar-refractivity contribution in [3.8, 4) is 0 Å². The highest BCUT2D eigenvalue weighted by molar-refractivity contribution is 5.81. The topological polar surface area (TPSA) is 41.6 Å². The molecule has 0 aliphatic carbocycles. The molecule has 0 bridgehead atoms. The van der Waals surface area contributed by atoms with Crippen molar-refractivity contribution in [1.82, 2.24) is 10.2 Å². The van der Waals surface area contributed by atoms with E-state index in [1.54, 1.807) is 12.1 Å². The fraction of sp³-hybridized carbons (Fsp3) is 0.588. The minimum Gasteiger partial charge on any atom is -0.373 e. The van der Waals surface area contributed by atoms with Gasteiger partial charge in [0.1, 0.15) is 5.82 Å². The molecule has 1 N–H and O–H groups in total. The smallest absolute Gasteiger partial charge is 0.237 e. The minimum absolute atomic E-state index is 0.0156. The van der Waals surface area contributed by atoms with Crippen LogP contribution < -0.4 is 5.32 Å². The number of nitrogens with zero attached hydrogens (tertiary/aromatic N) is 1. The van der Waals surface area contributed by atoms with Crippen LogP contribution in [-0.2, 0) is 9.53 Å². The first-order valence-electron chi connectivity index (χ1n) is 7.82. The molecule has 4 unspecified atom stereocenters. The van der Waals surface area contributed by atoms with Gasteiger partial charge in [0.25, 0.3) is 0 Å². The molecule has 1 amide bonds. The molecule has 0 radical (unpaired) electrons. The molecule has 5 heteroatoms. The molecule has 0 saturated carbocycles. The molecule has 1 saturated heterocycles. The Kier molecular flexibility index (Phi) is 5.53. The number of morpholine rings is 1. The van der Waals surface area contributed by atoms with Gasteiger partial charge in [0.05, 0.1) is 24.3 Å². The van der Waals surface area contributed by atoms with Gasteiger partial charge in [-0.05, 0) is 45.4 Å². The Bertz CT molecular complexity index is 496. The summed E-state index contributed by atoms with van der Waals surface area (Å²) in [7, 11) is 0. The summed E-state index contributed by atoms with van der Waals surface area (Å²) in [6.07, 6.45) is 0.266. The molecule has 1 aromatic rings. The molecule has 0 spiro atoms. The lowest BCUT2D eigenvalue weighted by atomic mass is 10.1. The van der Waals surface area contributed by atoms with E-state index in [0.29, 0.717) is 0 Å². The van der Waals surface area contributed by atoms with Gasteiger partial charge in [-0.15, -0.1) is 0 Å². The maximum Gasteiger partial charge on any atom is 0.237 e. The Balaban J connectivity index is 1.94. The highest BCUT2D eigenvalue weighted by Gasteiger charge is 2.29. The third-order valence-corrected chi connectivity index (χ3v) is 4.10. The fourth-order valence-electron chi connectivity index (χ4n) is 2.87. The van der Waals surface area contributed by atoms with E-state index in [0.717, 1.165) is 18.7 Å². The first-order chi connectivity index (χ1) is 10.4. The molecule has 1 aliphatic rings. The predicted molar refractivity (Wildman–Crippen MR) is 84.0 cm³/mol. The van der Waals surface area contributed by atoms with Gasteiger partial charge in [-0.25, -0.2) is 4.39 Å². The van der Waals surface area contributed by atoms with Gasteiger partial charge in [0, 0.05) is 13.1 Å². The van der Waals surface area contributed by atoms with Crippen molar-refractivity contribution >= 4 is 5.91 Å². The van der Waals surface area contributed by atoms with Crippen molar-refractivity contribution in [3.63, 3.8) is 0 Å². The number of hydrogen-bond acceptors (Lipinski definition) is 3. The summed E-state index contributed by atoms with van der Waals surface area (Å²) < 4.78 is 18.7. The number of halogens is 1. The first kappa shape index (κ1) is 16.9. The predicted octanol–water partition coefficient (Wildman–Crippen LogP) is 2.50. The number of ether oxygens (including phenoxy) is 1. The van der Waals surface area contributed by atoms with E-state index >= 15 is 0 Å². The summed E-state index contributed by atoms with van der Waals surface area (Å²) >= 11 is 0. The third-order valence-electron chi connectivity index (χ3n) is 4.10. The molecule has 4 atom stereocenters. The molecule has 4 nitrogen and oxygen atoms in total. The second kappa shape index (κ2) is 7.20. The summed E-state index contributed by atoms with van der Waals surface area (Å²) in [6, 6.07) is 5.86. The lowest BCUT2D eigenvalue weighted by Crippen LogP contribution is -2.54. The summed E-state index contributed by atoms with van der Waals surface area (Å²) in [6.45, 7) is 9.37. The van der Waals surface area contributed by atoms with E-state index in [1.165, 1.54) is 12.1 Å². The molecule has 2 rings (SSSR count). The van der Waals surface area contributed by atoms with Crippen LogP contribution in [0.25, 0.3) is 0 Å². The van der Waals surface area contributed by atoms with Crippen molar-refractivity contribution in [2.75, 3.05) is 13.1 Å². The summed E-state index contributed by atoms with van der Waals surface area (Å²) in [4.78, 5) is 14.6. The zero-order valence-corrected chi connectivity index (χ0v) is 13.7. The quantitative estimate of drug-likeness (QED) is 0.929. The zero-order chi connectivity index (χ0) is 16.3. The number of carbonyl (C=O) groups excluding carboxylic acids is 1. The maximum atomic E-state index is 13.0. The number of benzene rings is 1. The Morgan fingerprint density at radius 1 is 1.23 bits per heavy atom. The molecule has 122 valence electrons. The Labute approximate surface area is 131 Å². The molecule has 0 aromatic heterocycles. The van der Waals surface area contributed by atoms with Crippen molar-refractivity contribution in [1.29, 1.82) is 0 Å². The maximum absolute atomic E-state index is 13.0. The van der Waals surface area contributed by atoms with Crippen LogP contribution >= 0.6 is 0 Å². The Hall–Kier alpha value is -1.46. The van der Waals surface area contributed by atoms with E-state index in [-0.39, 0.29) is 36.0 Å². The second-order valence-electron chi connectivity index (χ2n) is 6.17. The first-order valence-corrected chi connectivity index (χ1v) is 7.82. The molecule has 1 aliphatic heterocycles. The van der Waals surface area contributed by atoms with Crippen LogP contribution in [-0.4, -0.2) is 42.1 Å². The largest absolute Gasteiger partial charge is 0.373 e.